The number of ether oxygens (including phenoxy) is 3. The molecule has 9 nitrogen and oxygen atoms in total. The SMILES string of the molecule is O=[N+]([O-])c1cn2c(n1)OC(COc1ccc(N3CCC(OCc4ccc(Cl)cc4)CC3)cc1)CC2. The molecule has 0 N–H and O–H groups in total. The van der Waals surface area contributed by atoms with Gasteiger partial charge in [0.2, 0.25) is 0 Å². The molecule has 3 aromatic rings. The van der Waals surface area contributed by atoms with Crippen LogP contribution in [0.2, 0.25) is 5.02 Å². The van der Waals surface area contributed by atoms with Crippen molar-refractivity contribution in [2.75, 3.05) is 24.6 Å². The quantitative estimate of drug-likeness (QED) is 0.323. The van der Waals surface area contributed by atoms with E-state index in [1.807, 2.05) is 36.4 Å². The van der Waals surface area contributed by atoms with Crippen molar-refractivity contribution in [2.45, 2.75) is 44.6 Å². The lowest BCUT2D eigenvalue weighted by Crippen LogP contribution is -2.37. The predicted molar refractivity (Wildman–Crippen MR) is 131 cm³/mol. The Bertz CT molecular complexity index is 1140. The second kappa shape index (κ2) is 10.5. The number of anilines is 1. The molecule has 1 fully saturated rings. The highest BCUT2D eigenvalue weighted by Gasteiger charge is 2.28. The summed E-state index contributed by atoms with van der Waals surface area (Å²) in [6.07, 6.45) is 4.14. The van der Waals surface area contributed by atoms with Crippen LogP contribution in [0.3, 0.4) is 0 Å². The Morgan fingerprint density at radius 1 is 1.06 bits per heavy atom. The maximum Gasteiger partial charge on any atom is 0.414 e. The fourth-order valence-electron chi connectivity index (χ4n) is 4.35. The Hall–Kier alpha value is -3.30. The van der Waals surface area contributed by atoms with Crippen molar-refractivity contribution in [1.29, 1.82) is 0 Å². The Morgan fingerprint density at radius 2 is 1.80 bits per heavy atom. The molecule has 2 aliphatic rings. The van der Waals surface area contributed by atoms with Gasteiger partial charge in [-0.05, 0) is 59.7 Å². The average Bonchev–Trinajstić information content (AvgIpc) is 3.32. The first-order valence-corrected chi connectivity index (χ1v) is 12.1. The maximum atomic E-state index is 10.9. The molecule has 0 amide bonds. The smallest absolute Gasteiger partial charge is 0.414 e. The van der Waals surface area contributed by atoms with Gasteiger partial charge in [0.25, 0.3) is 0 Å². The number of nitrogens with zero attached hydrogens (tertiary/aromatic N) is 4. The molecule has 1 unspecified atom stereocenters. The number of hydrogen-bond donors (Lipinski definition) is 0. The molecule has 1 atom stereocenters. The second-order valence-electron chi connectivity index (χ2n) is 8.79. The Morgan fingerprint density at radius 3 is 2.51 bits per heavy atom. The Labute approximate surface area is 208 Å². The van der Waals surface area contributed by atoms with Gasteiger partial charge in [-0.2, -0.15) is 0 Å². The molecule has 0 radical (unpaired) electrons. The summed E-state index contributed by atoms with van der Waals surface area (Å²) in [7, 11) is 0. The second-order valence-corrected chi connectivity index (χ2v) is 9.23. The minimum Gasteiger partial charge on any atom is -0.490 e. The number of aromatic nitrogens is 2. The number of piperidine rings is 1. The molecule has 35 heavy (non-hydrogen) atoms. The van der Waals surface area contributed by atoms with Crippen LogP contribution in [0.1, 0.15) is 24.8 Å². The number of nitro groups is 1. The molecule has 1 aromatic heterocycles. The lowest BCUT2D eigenvalue weighted by atomic mass is 10.1. The van der Waals surface area contributed by atoms with Gasteiger partial charge in [-0.25, -0.2) is 0 Å². The summed E-state index contributed by atoms with van der Waals surface area (Å²) in [5.41, 5.74) is 2.30. The molecule has 184 valence electrons. The van der Waals surface area contributed by atoms with E-state index in [4.69, 9.17) is 25.8 Å². The fraction of sp³-hybridized carbons (Fsp3) is 0.400. The van der Waals surface area contributed by atoms with Gasteiger partial charge in [0.05, 0.1) is 12.7 Å². The van der Waals surface area contributed by atoms with Crippen LogP contribution in [-0.4, -0.2) is 46.4 Å². The molecule has 2 aliphatic heterocycles. The van der Waals surface area contributed by atoms with Crippen molar-refractivity contribution in [2.24, 2.45) is 0 Å². The van der Waals surface area contributed by atoms with E-state index in [1.54, 1.807) is 4.57 Å². The van der Waals surface area contributed by atoms with E-state index in [0.717, 1.165) is 48.0 Å². The van der Waals surface area contributed by atoms with E-state index in [0.29, 0.717) is 26.2 Å². The van der Waals surface area contributed by atoms with Gasteiger partial charge in [0.1, 0.15) is 24.7 Å². The summed E-state index contributed by atoms with van der Waals surface area (Å²) in [6.45, 7) is 3.47. The third kappa shape index (κ3) is 5.86. The summed E-state index contributed by atoms with van der Waals surface area (Å²) in [4.78, 5) is 16.7. The van der Waals surface area contributed by atoms with Gasteiger partial charge in [0.15, 0.2) is 0 Å². The summed E-state index contributed by atoms with van der Waals surface area (Å²) >= 11 is 5.94. The van der Waals surface area contributed by atoms with E-state index in [-0.39, 0.29) is 24.0 Å². The molecule has 2 aromatic carbocycles. The fourth-order valence-corrected chi connectivity index (χ4v) is 4.48. The van der Waals surface area contributed by atoms with Gasteiger partial charge in [-0.15, -0.1) is 0 Å². The number of imidazole rings is 1. The largest absolute Gasteiger partial charge is 0.490 e. The van der Waals surface area contributed by atoms with E-state index in [2.05, 4.69) is 22.0 Å². The van der Waals surface area contributed by atoms with Crippen LogP contribution in [0.15, 0.2) is 54.7 Å². The van der Waals surface area contributed by atoms with Gasteiger partial charge >= 0.3 is 11.8 Å². The minimum atomic E-state index is -0.515. The molecule has 10 heteroatoms. The molecule has 3 heterocycles. The zero-order valence-corrected chi connectivity index (χ0v) is 20.0. The first-order valence-electron chi connectivity index (χ1n) is 11.8. The van der Waals surface area contributed by atoms with Gasteiger partial charge < -0.3 is 29.2 Å². The third-order valence-electron chi connectivity index (χ3n) is 6.36. The minimum absolute atomic E-state index is 0.198. The van der Waals surface area contributed by atoms with Gasteiger partial charge in [0, 0.05) is 41.7 Å². The number of halogens is 1. The Balaban J connectivity index is 1.06. The van der Waals surface area contributed by atoms with Crippen LogP contribution in [0.25, 0.3) is 0 Å². The van der Waals surface area contributed by atoms with E-state index in [1.165, 1.54) is 6.20 Å². The normalized spacial score (nSPS) is 18.1. The van der Waals surface area contributed by atoms with Crippen molar-refractivity contribution < 1.29 is 19.1 Å². The zero-order valence-electron chi connectivity index (χ0n) is 19.2. The van der Waals surface area contributed by atoms with Crippen LogP contribution < -0.4 is 14.4 Å². The van der Waals surface area contributed by atoms with Crippen molar-refractivity contribution in [3.8, 4) is 11.8 Å². The molecule has 5 rings (SSSR count). The highest BCUT2D eigenvalue weighted by molar-refractivity contribution is 6.30. The molecular weight excluding hydrogens is 472 g/mol. The van der Waals surface area contributed by atoms with E-state index >= 15 is 0 Å². The van der Waals surface area contributed by atoms with E-state index < -0.39 is 4.92 Å². The summed E-state index contributed by atoms with van der Waals surface area (Å²) in [6, 6.07) is 16.1. The average molecular weight is 499 g/mol. The molecular formula is C25H27ClN4O5. The zero-order chi connectivity index (χ0) is 24.2. The summed E-state index contributed by atoms with van der Waals surface area (Å²) < 4.78 is 19.4. The first kappa shape index (κ1) is 23.4. The van der Waals surface area contributed by atoms with Crippen molar-refractivity contribution >= 4 is 23.1 Å². The summed E-state index contributed by atoms with van der Waals surface area (Å²) in [5, 5.41) is 11.6. The molecule has 0 aliphatic carbocycles. The number of benzene rings is 2. The number of hydrogen-bond acceptors (Lipinski definition) is 7. The number of rotatable bonds is 8. The highest BCUT2D eigenvalue weighted by Crippen LogP contribution is 2.27. The van der Waals surface area contributed by atoms with Crippen LogP contribution in [0, 0.1) is 10.1 Å². The standard InChI is InChI=1S/C25H27ClN4O5/c26-19-3-1-18(2-4-19)16-33-22-9-12-28(13-10-22)20-5-7-21(8-6-20)34-17-23-11-14-29-15-24(30(31)32)27-25(29)35-23/h1-8,15,22-23H,9-14,16-17H2. The summed E-state index contributed by atoms with van der Waals surface area (Å²) in [5.74, 6) is 0.563. The molecule has 0 bridgehead atoms. The van der Waals surface area contributed by atoms with E-state index in [9.17, 15) is 10.1 Å². The molecule has 1 saturated heterocycles. The first-order chi connectivity index (χ1) is 17.0. The van der Waals surface area contributed by atoms with Gasteiger partial charge in [-0.3, -0.25) is 4.57 Å². The van der Waals surface area contributed by atoms with Crippen LogP contribution in [0.5, 0.6) is 11.8 Å². The van der Waals surface area contributed by atoms with Crippen LogP contribution >= 0.6 is 11.6 Å². The topological polar surface area (TPSA) is 91.9 Å². The lowest BCUT2D eigenvalue weighted by Gasteiger charge is -2.33. The monoisotopic (exact) mass is 498 g/mol. The lowest BCUT2D eigenvalue weighted by molar-refractivity contribution is -0.389. The number of fused-ring (bicyclic) bond motifs is 1. The van der Waals surface area contributed by atoms with Crippen molar-refractivity contribution in [3.63, 3.8) is 0 Å². The van der Waals surface area contributed by atoms with Crippen LogP contribution in [0.4, 0.5) is 11.5 Å². The third-order valence-corrected chi connectivity index (χ3v) is 6.61. The Kier molecular flexibility index (Phi) is 7.06. The maximum absolute atomic E-state index is 10.9. The number of aryl methyl sites for hydroxylation is 1. The molecule has 0 spiro atoms. The van der Waals surface area contributed by atoms with Gasteiger partial charge in [-0.1, -0.05) is 23.7 Å². The predicted octanol–water partition coefficient (Wildman–Crippen LogP) is 4.86. The van der Waals surface area contributed by atoms with Crippen molar-refractivity contribution in [1.82, 2.24) is 9.55 Å². The molecule has 0 saturated carbocycles. The highest BCUT2D eigenvalue weighted by atomic mass is 35.5. The van der Waals surface area contributed by atoms with Crippen LogP contribution in [-0.2, 0) is 17.9 Å². The van der Waals surface area contributed by atoms with Crippen molar-refractivity contribution in [3.05, 3.63) is 75.4 Å².